The van der Waals surface area contributed by atoms with Crippen LogP contribution in [0.5, 0.6) is 0 Å². The summed E-state index contributed by atoms with van der Waals surface area (Å²) in [6.45, 7) is 1.88. The predicted octanol–water partition coefficient (Wildman–Crippen LogP) is 4.09. The molecule has 0 aliphatic rings. The topological polar surface area (TPSA) is 33.2 Å². The van der Waals surface area contributed by atoms with E-state index in [2.05, 4.69) is 4.98 Å². The number of aryl methyl sites for hydroxylation is 1. The van der Waals surface area contributed by atoms with Gasteiger partial charge in [-0.3, -0.25) is 9.78 Å². The third kappa shape index (κ3) is 3.11. The fourth-order valence-electron chi connectivity index (χ4n) is 2.67. The van der Waals surface area contributed by atoms with Crippen molar-refractivity contribution in [2.75, 3.05) is 7.05 Å². The molecule has 1 heterocycles. The first-order valence-electron chi connectivity index (χ1n) is 7.51. The monoisotopic (exact) mass is 326 g/mol. The molecule has 24 heavy (non-hydrogen) atoms. The lowest BCUT2D eigenvalue weighted by Gasteiger charge is -2.19. The molecular weight excluding hydrogens is 310 g/mol. The SMILES string of the molecule is Cc1cc(C(=O)N(C)Cc2ccc(F)cc2F)c2ccccc2n1. The van der Waals surface area contributed by atoms with E-state index in [1.807, 2.05) is 31.2 Å². The first kappa shape index (κ1) is 16.1. The zero-order valence-corrected chi connectivity index (χ0v) is 13.4. The molecule has 5 heteroatoms. The zero-order chi connectivity index (χ0) is 17.3. The van der Waals surface area contributed by atoms with E-state index in [9.17, 15) is 13.6 Å². The third-order valence-corrected chi connectivity index (χ3v) is 3.84. The van der Waals surface area contributed by atoms with Gasteiger partial charge in [0.1, 0.15) is 11.6 Å². The van der Waals surface area contributed by atoms with Crippen molar-refractivity contribution in [2.45, 2.75) is 13.5 Å². The Kier molecular flexibility index (Phi) is 4.25. The highest BCUT2D eigenvalue weighted by atomic mass is 19.1. The Balaban J connectivity index is 1.94. The lowest BCUT2D eigenvalue weighted by molar-refractivity contribution is 0.0785. The van der Waals surface area contributed by atoms with Crippen molar-refractivity contribution < 1.29 is 13.6 Å². The van der Waals surface area contributed by atoms with Crippen LogP contribution in [0.15, 0.2) is 48.5 Å². The minimum Gasteiger partial charge on any atom is -0.337 e. The number of aromatic nitrogens is 1. The van der Waals surface area contributed by atoms with Crippen LogP contribution in [-0.2, 0) is 6.54 Å². The molecule has 0 radical (unpaired) electrons. The molecule has 0 fully saturated rings. The number of benzene rings is 2. The van der Waals surface area contributed by atoms with Crippen LogP contribution in [0.2, 0.25) is 0 Å². The normalized spacial score (nSPS) is 10.8. The van der Waals surface area contributed by atoms with Crippen LogP contribution in [-0.4, -0.2) is 22.8 Å². The van der Waals surface area contributed by atoms with Crippen LogP contribution >= 0.6 is 0 Å². The minimum absolute atomic E-state index is 0.0562. The van der Waals surface area contributed by atoms with Gasteiger partial charge in [0, 0.05) is 36.3 Å². The van der Waals surface area contributed by atoms with Gasteiger partial charge in [-0.2, -0.15) is 0 Å². The van der Waals surface area contributed by atoms with E-state index in [1.54, 1.807) is 13.1 Å². The summed E-state index contributed by atoms with van der Waals surface area (Å²) in [6, 6.07) is 12.5. The van der Waals surface area contributed by atoms with Gasteiger partial charge in [-0.05, 0) is 25.1 Å². The Labute approximate surface area is 138 Å². The van der Waals surface area contributed by atoms with E-state index in [4.69, 9.17) is 0 Å². The smallest absolute Gasteiger partial charge is 0.254 e. The third-order valence-electron chi connectivity index (χ3n) is 3.84. The number of halogens is 2. The standard InChI is InChI=1S/C19H16F2N2O/c1-12-9-16(15-5-3-4-6-18(15)22-12)19(24)23(2)11-13-7-8-14(20)10-17(13)21/h3-10H,11H2,1-2H3. The minimum atomic E-state index is -0.662. The molecule has 0 spiro atoms. The van der Waals surface area contributed by atoms with Gasteiger partial charge >= 0.3 is 0 Å². The van der Waals surface area contributed by atoms with Crippen molar-refractivity contribution in [2.24, 2.45) is 0 Å². The summed E-state index contributed by atoms with van der Waals surface area (Å²) in [5.41, 5.74) is 2.26. The van der Waals surface area contributed by atoms with E-state index >= 15 is 0 Å². The zero-order valence-electron chi connectivity index (χ0n) is 13.4. The van der Waals surface area contributed by atoms with Crippen molar-refractivity contribution in [1.82, 2.24) is 9.88 Å². The van der Waals surface area contributed by atoms with Gasteiger partial charge in [-0.15, -0.1) is 0 Å². The first-order valence-corrected chi connectivity index (χ1v) is 7.51. The molecule has 0 saturated carbocycles. The second kappa shape index (κ2) is 6.35. The number of carbonyl (C=O) groups is 1. The number of para-hydroxylation sites is 1. The lowest BCUT2D eigenvalue weighted by Crippen LogP contribution is -2.27. The molecular formula is C19H16F2N2O. The van der Waals surface area contributed by atoms with Gasteiger partial charge in [-0.25, -0.2) is 8.78 Å². The van der Waals surface area contributed by atoms with Crippen molar-refractivity contribution in [3.8, 4) is 0 Å². The molecule has 2 aromatic carbocycles. The van der Waals surface area contributed by atoms with Gasteiger partial charge < -0.3 is 4.90 Å². The molecule has 3 aromatic rings. The molecule has 0 N–H and O–H groups in total. The van der Waals surface area contributed by atoms with E-state index in [0.29, 0.717) is 5.56 Å². The predicted molar refractivity (Wildman–Crippen MR) is 88.6 cm³/mol. The second-order valence-corrected chi connectivity index (χ2v) is 5.73. The summed E-state index contributed by atoms with van der Waals surface area (Å²) < 4.78 is 26.8. The molecule has 3 rings (SSSR count). The highest BCUT2D eigenvalue weighted by molar-refractivity contribution is 6.06. The quantitative estimate of drug-likeness (QED) is 0.726. The number of rotatable bonds is 3. The molecule has 1 amide bonds. The molecule has 0 aliphatic carbocycles. The number of nitrogens with zero attached hydrogens (tertiary/aromatic N) is 2. The maximum absolute atomic E-state index is 13.8. The molecule has 0 atom stereocenters. The molecule has 122 valence electrons. The molecule has 1 aromatic heterocycles. The van der Waals surface area contributed by atoms with Crippen molar-refractivity contribution in [3.05, 3.63) is 77.0 Å². The summed E-state index contributed by atoms with van der Waals surface area (Å²) in [6.07, 6.45) is 0. The van der Waals surface area contributed by atoms with Gasteiger partial charge in [0.2, 0.25) is 0 Å². The molecule has 0 aliphatic heterocycles. The maximum atomic E-state index is 13.8. The van der Waals surface area contributed by atoms with E-state index in [0.717, 1.165) is 22.7 Å². The highest BCUT2D eigenvalue weighted by Crippen LogP contribution is 2.21. The Morgan fingerprint density at radius 3 is 2.62 bits per heavy atom. The summed E-state index contributed by atoms with van der Waals surface area (Å²) >= 11 is 0. The Hall–Kier alpha value is -2.82. The second-order valence-electron chi connectivity index (χ2n) is 5.73. The van der Waals surface area contributed by atoms with Crippen LogP contribution in [0.3, 0.4) is 0 Å². The van der Waals surface area contributed by atoms with E-state index < -0.39 is 11.6 Å². The lowest BCUT2D eigenvalue weighted by atomic mass is 10.1. The fraction of sp³-hybridized carbons (Fsp3) is 0.158. The van der Waals surface area contributed by atoms with Crippen molar-refractivity contribution >= 4 is 16.8 Å². The Bertz CT molecular complexity index is 924. The van der Waals surface area contributed by atoms with Crippen molar-refractivity contribution in [3.63, 3.8) is 0 Å². The van der Waals surface area contributed by atoms with Gasteiger partial charge in [-0.1, -0.05) is 24.3 Å². The van der Waals surface area contributed by atoms with Crippen LogP contribution in [0, 0.1) is 18.6 Å². The summed E-state index contributed by atoms with van der Waals surface area (Å²) in [5, 5.41) is 0.750. The van der Waals surface area contributed by atoms with E-state index in [-0.39, 0.29) is 18.0 Å². The van der Waals surface area contributed by atoms with Crippen molar-refractivity contribution in [1.29, 1.82) is 0 Å². The van der Waals surface area contributed by atoms with Crippen LogP contribution < -0.4 is 0 Å². The Morgan fingerprint density at radius 2 is 1.88 bits per heavy atom. The average molecular weight is 326 g/mol. The molecule has 3 nitrogen and oxygen atoms in total. The van der Waals surface area contributed by atoms with Gasteiger partial charge in [0.15, 0.2) is 0 Å². The van der Waals surface area contributed by atoms with Crippen LogP contribution in [0.1, 0.15) is 21.6 Å². The molecule has 0 saturated heterocycles. The molecule has 0 bridgehead atoms. The summed E-state index contributed by atoms with van der Waals surface area (Å²) in [4.78, 5) is 18.6. The first-order chi connectivity index (χ1) is 11.5. The maximum Gasteiger partial charge on any atom is 0.254 e. The number of hydrogen-bond acceptors (Lipinski definition) is 2. The van der Waals surface area contributed by atoms with E-state index in [1.165, 1.54) is 17.0 Å². The van der Waals surface area contributed by atoms with Gasteiger partial charge in [0.25, 0.3) is 5.91 Å². The van der Waals surface area contributed by atoms with Crippen LogP contribution in [0.25, 0.3) is 10.9 Å². The average Bonchev–Trinajstić information content (AvgIpc) is 2.55. The summed E-state index contributed by atoms with van der Waals surface area (Å²) in [7, 11) is 1.59. The number of fused-ring (bicyclic) bond motifs is 1. The largest absolute Gasteiger partial charge is 0.337 e. The number of hydrogen-bond donors (Lipinski definition) is 0. The highest BCUT2D eigenvalue weighted by Gasteiger charge is 2.17. The van der Waals surface area contributed by atoms with Gasteiger partial charge in [0.05, 0.1) is 11.1 Å². The summed E-state index contributed by atoms with van der Waals surface area (Å²) in [5.74, 6) is -1.54. The number of pyridine rings is 1. The number of amides is 1. The fourth-order valence-corrected chi connectivity index (χ4v) is 2.67. The molecule has 0 unspecified atom stereocenters. The number of carbonyl (C=O) groups excluding carboxylic acids is 1. The van der Waals surface area contributed by atoms with Crippen LogP contribution in [0.4, 0.5) is 8.78 Å². The Morgan fingerprint density at radius 1 is 1.12 bits per heavy atom.